The van der Waals surface area contributed by atoms with Crippen molar-refractivity contribution in [2.24, 2.45) is 5.92 Å². The highest BCUT2D eigenvalue weighted by atomic mass is 15.0. The van der Waals surface area contributed by atoms with Gasteiger partial charge in [-0.05, 0) is 43.7 Å². The Labute approximate surface area is 120 Å². The van der Waals surface area contributed by atoms with Crippen LogP contribution in [0.15, 0.2) is 24.5 Å². The van der Waals surface area contributed by atoms with E-state index in [2.05, 4.69) is 27.2 Å². The molecule has 20 heavy (non-hydrogen) atoms. The Morgan fingerprint density at radius 2 is 1.90 bits per heavy atom. The molecule has 1 saturated carbocycles. The number of nitrogens with one attached hydrogen (secondary N) is 1. The van der Waals surface area contributed by atoms with Gasteiger partial charge in [-0.15, -0.1) is 0 Å². The summed E-state index contributed by atoms with van der Waals surface area (Å²) in [6.07, 6.45) is 11.3. The van der Waals surface area contributed by atoms with E-state index >= 15 is 0 Å². The van der Waals surface area contributed by atoms with Gasteiger partial charge in [-0.2, -0.15) is 0 Å². The standard InChI is InChI=1S/C16H22N4/c1-2-3-12-4-6-13(7-5-12)19-15-9-8-14-16(20-15)18-11-10-17-14/h8-13H,2-7H2,1H3,(H,18,19,20). The topological polar surface area (TPSA) is 50.7 Å². The molecule has 0 bridgehead atoms. The highest BCUT2D eigenvalue weighted by Crippen LogP contribution is 2.29. The summed E-state index contributed by atoms with van der Waals surface area (Å²) in [4.78, 5) is 13.0. The van der Waals surface area contributed by atoms with E-state index in [0.29, 0.717) is 6.04 Å². The van der Waals surface area contributed by atoms with E-state index in [1.165, 1.54) is 38.5 Å². The minimum Gasteiger partial charge on any atom is -0.367 e. The van der Waals surface area contributed by atoms with E-state index in [0.717, 1.165) is 22.9 Å². The van der Waals surface area contributed by atoms with Crippen LogP contribution in [0.1, 0.15) is 45.4 Å². The molecule has 4 heteroatoms. The van der Waals surface area contributed by atoms with E-state index in [-0.39, 0.29) is 0 Å². The average molecular weight is 270 g/mol. The predicted octanol–water partition coefficient (Wildman–Crippen LogP) is 3.80. The summed E-state index contributed by atoms with van der Waals surface area (Å²) in [5.74, 6) is 1.87. The fraction of sp³-hybridized carbons (Fsp3) is 0.562. The fourth-order valence-electron chi connectivity index (χ4n) is 3.15. The van der Waals surface area contributed by atoms with Crippen LogP contribution in [0.3, 0.4) is 0 Å². The van der Waals surface area contributed by atoms with Crippen LogP contribution in [-0.2, 0) is 0 Å². The van der Waals surface area contributed by atoms with Crippen LogP contribution in [0.25, 0.3) is 11.2 Å². The Hall–Kier alpha value is -1.71. The summed E-state index contributed by atoms with van der Waals surface area (Å²) >= 11 is 0. The van der Waals surface area contributed by atoms with Gasteiger partial charge in [-0.25, -0.2) is 9.97 Å². The van der Waals surface area contributed by atoms with Gasteiger partial charge in [0.1, 0.15) is 11.3 Å². The zero-order valence-corrected chi connectivity index (χ0v) is 12.0. The third kappa shape index (κ3) is 3.06. The van der Waals surface area contributed by atoms with Crippen molar-refractivity contribution in [2.45, 2.75) is 51.5 Å². The van der Waals surface area contributed by atoms with Gasteiger partial charge in [-0.3, -0.25) is 4.98 Å². The highest BCUT2D eigenvalue weighted by Gasteiger charge is 2.20. The monoisotopic (exact) mass is 270 g/mol. The molecule has 4 nitrogen and oxygen atoms in total. The van der Waals surface area contributed by atoms with Crippen molar-refractivity contribution in [1.82, 2.24) is 15.0 Å². The number of fused-ring (bicyclic) bond motifs is 1. The van der Waals surface area contributed by atoms with Gasteiger partial charge in [-0.1, -0.05) is 19.8 Å². The van der Waals surface area contributed by atoms with E-state index < -0.39 is 0 Å². The first kappa shape index (κ1) is 13.3. The van der Waals surface area contributed by atoms with Crippen molar-refractivity contribution in [3.05, 3.63) is 24.5 Å². The SMILES string of the molecule is CCCC1CCC(Nc2ccc3nccnc3n2)CC1. The first-order valence-corrected chi connectivity index (χ1v) is 7.69. The Kier molecular flexibility index (Phi) is 4.09. The zero-order chi connectivity index (χ0) is 13.8. The predicted molar refractivity (Wildman–Crippen MR) is 81.6 cm³/mol. The summed E-state index contributed by atoms with van der Waals surface area (Å²) in [5, 5.41) is 3.56. The van der Waals surface area contributed by atoms with Crippen LogP contribution in [0.4, 0.5) is 5.82 Å². The summed E-state index contributed by atoms with van der Waals surface area (Å²) in [5.41, 5.74) is 1.57. The number of hydrogen-bond acceptors (Lipinski definition) is 4. The molecule has 2 aromatic rings. The van der Waals surface area contributed by atoms with Gasteiger partial charge in [0.05, 0.1) is 0 Å². The van der Waals surface area contributed by atoms with Gasteiger partial charge >= 0.3 is 0 Å². The lowest BCUT2D eigenvalue weighted by molar-refractivity contribution is 0.318. The maximum absolute atomic E-state index is 4.54. The first-order valence-electron chi connectivity index (χ1n) is 7.69. The zero-order valence-electron chi connectivity index (χ0n) is 12.0. The summed E-state index contributed by atoms with van der Waals surface area (Å²) in [7, 11) is 0. The van der Waals surface area contributed by atoms with Gasteiger partial charge in [0.25, 0.3) is 0 Å². The summed E-state index contributed by atoms with van der Waals surface area (Å²) < 4.78 is 0. The minimum atomic E-state index is 0.560. The molecular formula is C16H22N4. The Balaban J connectivity index is 1.62. The lowest BCUT2D eigenvalue weighted by atomic mass is 9.83. The molecule has 0 saturated heterocycles. The second-order valence-electron chi connectivity index (χ2n) is 5.75. The normalized spacial score (nSPS) is 22.9. The quantitative estimate of drug-likeness (QED) is 0.918. The largest absolute Gasteiger partial charge is 0.367 e. The number of pyridine rings is 1. The molecule has 2 heterocycles. The van der Waals surface area contributed by atoms with E-state index in [1.54, 1.807) is 12.4 Å². The van der Waals surface area contributed by atoms with Crippen molar-refractivity contribution in [1.29, 1.82) is 0 Å². The Morgan fingerprint density at radius 1 is 1.10 bits per heavy atom. The van der Waals surface area contributed by atoms with Crippen LogP contribution in [0, 0.1) is 5.92 Å². The molecule has 106 valence electrons. The average Bonchev–Trinajstić information content (AvgIpc) is 2.49. The molecule has 1 aliphatic rings. The third-order valence-corrected chi connectivity index (χ3v) is 4.23. The number of nitrogens with zero attached hydrogens (tertiary/aromatic N) is 3. The van der Waals surface area contributed by atoms with Crippen LogP contribution >= 0.6 is 0 Å². The fourth-order valence-corrected chi connectivity index (χ4v) is 3.15. The Morgan fingerprint density at radius 3 is 2.70 bits per heavy atom. The lowest BCUT2D eigenvalue weighted by Crippen LogP contribution is -2.26. The summed E-state index contributed by atoms with van der Waals surface area (Å²) in [6, 6.07) is 4.56. The molecule has 2 aromatic heterocycles. The highest BCUT2D eigenvalue weighted by molar-refractivity contribution is 5.71. The molecule has 1 aliphatic carbocycles. The third-order valence-electron chi connectivity index (χ3n) is 4.23. The van der Waals surface area contributed by atoms with Crippen LogP contribution in [-0.4, -0.2) is 21.0 Å². The number of hydrogen-bond donors (Lipinski definition) is 1. The maximum atomic E-state index is 4.54. The van der Waals surface area contributed by atoms with Crippen molar-refractivity contribution in [3.8, 4) is 0 Å². The van der Waals surface area contributed by atoms with Gasteiger partial charge in [0.2, 0.25) is 0 Å². The molecule has 0 aliphatic heterocycles. The maximum Gasteiger partial charge on any atom is 0.180 e. The van der Waals surface area contributed by atoms with Gasteiger partial charge < -0.3 is 5.32 Å². The minimum absolute atomic E-state index is 0.560. The molecular weight excluding hydrogens is 248 g/mol. The summed E-state index contributed by atoms with van der Waals surface area (Å²) in [6.45, 7) is 2.28. The van der Waals surface area contributed by atoms with E-state index in [1.807, 2.05) is 12.1 Å². The molecule has 0 atom stereocenters. The molecule has 1 N–H and O–H groups in total. The van der Waals surface area contributed by atoms with Crippen LogP contribution in [0.5, 0.6) is 0 Å². The second kappa shape index (κ2) is 6.16. The van der Waals surface area contributed by atoms with E-state index in [9.17, 15) is 0 Å². The number of anilines is 1. The molecule has 3 rings (SSSR count). The second-order valence-corrected chi connectivity index (χ2v) is 5.75. The Bertz CT molecular complexity index is 561. The smallest absolute Gasteiger partial charge is 0.180 e. The first-order chi connectivity index (χ1) is 9.85. The van der Waals surface area contributed by atoms with Crippen molar-refractivity contribution >= 4 is 17.0 Å². The number of rotatable bonds is 4. The molecule has 0 radical (unpaired) electrons. The van der Waals surface area contributed by atoms with Crippen LogP contribution < -0.4 is 5.32 Å². The van der Waals surface area contributed by atoms with Gasteiger partial charge in [0.15, 0.2) is 5.65 Å². The van der Waals surface area contributed by atoms with Gasteiger partial charge in [0, 0.05) is 18.4 Å². The van der Waals surface area contributed by atoms with E-state index in [4.69, 9.17) is 0 Å². The van der Waals surface area contributed by atoms with Crippen molar-refractivity contribution < 1.29 is 0 Å². The van der Waals surface area contributed by atoms with Crippen molar-refractivity contribution in [3.63, 3.8) is 0 Å². The van der Waals surface area contributed by atoms with Crippen molar-refractivity contribution in [2.75, 3.05) is 5.32 Å². The molecule has 1 fully saturated rings. The lowest BCUT2D eigenvalue weighted by Gasteiger charge is -2.29. The molecule has 0 aromatic carbocycles. The molecule has 0 unspecified atom stereocenters. The van der Waals surface area contributed by atoms with Crippen LogP contribution in [0.2, 0.25) is 0 Å². The molecule has 0 amide bonds. The molecule has 0 spiro atoms. The number of aromatic nitrogens is 3.